The molecule has 0 saturated heterocycles. The zero-order chi connectivity index (χ0) is 29.7. The number of aromatic nitrogens is 1. The van der Waals surface area contributed by atoms with Crippen LogP contribution in [0.25, 0.3) is 11.1 Å². The first-order valence-electron chi connectivity index (χ1n) is 12.8. The zero-order valence-electron chi connectivity index (χ0n) is 22.5. The molecule has 0 bridgehead atoms. The molecule has 1 unspecified atom stereocenters. The van der Waals surface area contributed by atoms with Gasteiger partial charge in [-0.15, -0.1) is 0 Å². The highest BCUT2D eigenvalue weighted by molar-refractivity contribution is 6.31. The minimum Gasteiger partial charge on any atom is -0.495 e. The number of methoxy groups -OCH3 is 1. The van der Waals surface area contributed by atoms with Crippen molar-refractivity contribution in [2.24, 2.45) is 10.7 Å². The number of benzene rings is 2. The summed E-state index contributed by atoms with van der Waals surface area (Å²) in [6, 6.07) is 10.8. The third-order valence-corrected chi connectivity index (χ3v) is 6.75. The molecule has 212 valence electrons. The average Bonchev–Trinajstić information content (AvgIpc) is 3.76. The normalized spacial score (nSPS) is 14.1. The van der Waals surface area contributed by atoms with Crippen molar-refractivity contribution in [3.8, 4) is 16.9 Å². The van der Waals surface area contributed by atoms with Crippen molar-refractivity contribution in [2.75, 3.05) is 12.4 Å². The molecular formula is C30H29ClN4O6. The van der Waals surface area contributed by atoms with Crippen LogP contribution in [0, 0.1) is 0 Å². The Morgan fingerprint density at radius 1 is 1.17 bits per heavy atom. The van der Waals surface area contributed by atoms with E-state index >= 15 is 0 Å². The highest BCUT2D eigenvalue weighted by Gasteiger charge is 2.25. The minimum atomic E-state index is -1.11. The van der Waals surface area contributed by atoms with Crippen molar-refractivity contribution in [1.82, 2.24) is 4.57 Å². The van der Waals surface area contributed by atoms with E-state index in [1.54, 1.807) is 30.5 Å². The lowest BCUT2D eigenvalue weighted by Gasteiger charge is -2.22. The van der Waals surface area contributed by atoms with Crippen LogP contribution in [0.2, 0.25) is 5.02 Å². The van der Waals surface area contributed by atoms with Gasteiger partial charge in [-0.05, 0) is 73.9 Å². The van der Waals surface area contributed by atoms with Gasteiger partial charge in [0, 0.05) is 46.2 Å². The molecule has 1 heterocycles. The van der Waals surface area contributed by atoms with Gasteiger partial charge in [0.1, 0.15) is 11.8 Å². The summed E-state index contributed by atoms with van der Waals surface area (Å²) in [4.78, 5) is 54.9. The first kappa shape index (κ1) is 29.3. The monoisotopic (exact) mass is 576 g/mol. The summed E-state index contributed by atoms with van der Waals surface area (Å²) in [6.45, 7) is 1.41. The number of anilines is 1. The van der Waals surface area contributed by atoms with Crippen molar-refractivity contribution in [3.63, 3.8) is 0 Å². The number of carbonyl (C=O) groups is 3. The zero-order valence-corrected chi connectivity index (χ0v) is 23.2. The van der Waals surface area contributed by atoms with Crippen molar-refractivity contribution < 1.29 is 24.2 Å². The number of nitrogens with two attached hydrogens (primary N) is 1. The third kappa shape index (κ3) is 7.29. The minimum absolute atomic E-state index is 0.0337. The van der Waals surface area contributed by atoms with E-state index in [4.69, 9.17) is 27.2 Å². The van der Waals surface area contributed by atoms with Gasteiger partial charge in [0.25, 0.3) is 5.56 Å². The van der Waals surface area contributed by atoms with Crippen LogP contribution in [0.1, 0.15) is 52.9 Å². The Hall–Kier alpha value is -4.70. The van der Waals surface area contributed by atoms with Gasteiger partial charge < -0.3 is 20.9 Å². The van der Waals surface area contributed by atoms with Crippen molar-refractivity contribution in [3.05, 3.63) is 93.0 Å². The second kappa shape index (κ2) is 12.6. The number of carbonyl (C=O) groups excluding carboxylic acids is 2. The number of rotatable bonds is 11. The lowest BCUT2D eigenvalue weighted by Crippen LogP contribution is -2.34. The molecule has 2 aromatic carbocycles. The number of hydrogen-bond acceptors (Lipinski definition) is 7. The Morgan fingerprint density at radius 2 is 1.88 bits per heavy atom. The molecule has 1 aliphatic rings. The van der Waals surface area contributed by atoms with E-state index in [9.17, 15) is 19.2 Å². The lowest BCUT2D eigenvalue weighted by molar-refractivity contribution is -0.119. The molecule has 11 heteroatoms. The van der Waals surface area contributed by atoms with Crippen LogP contribution in [0.4, 0.5) is 5.69 Å². The first-order chi connectivity index (χ1) is 19.6. The van der Waals surface area contributed by atoms with Crippen LogP contribution < -0.4 is 21.3 Å². The van der Waals surface area contributed by atoms with E-state index in [0.29, 0.717) is 33.1 Å². The van der Waals surface area contributed by atoms with Crippen molar-refractivity contribution >= 4 is 41.2 Å². The van der Waals surface area contributed by atoms with Gasteiger partial charge in [0.05, 0.1) is 24.9 Å². The number of Topliss-reactive ketones (excluding diaryl/α,β-unsaturated/α-hetero) is 1. The second-order valence-corrected chi connectivity index (χ2v) is 10.0. The lowest BCUT2D eigenvalue weighted by atomic mass is 9.97. The van der Waals surface area contributed by atoms with Crippen LogP contribution in [-0.2, 0) is 4.79 Å². The van der Waals surface area contributed by atoms with Crippen LogP contribution in [0.15, 0.2) is 76.3 Å². The molecule has 10 nitrogen and oxygen atoms in total. The highest BCUT2D eigenvalue weighted by atomic mass is 35.5. The standard InChI is InChI=1S/C30H29ClN4O6/c1-17(36)23-10-5-19(31)13-24(23)25-15-28(37)35(16-27(25)41-2)26(14-20(32)11-12-33-21-8-9-21)29(38)34-22-6-3-18(4-7-22)30(39)40/h3-7,10-13,15-16,21,26H,8-9,14,32H2,1-2H3,(H,34,38)(H,39,40). The van der Waals surface area contributed by atoms with Gasteiger partial charge in [-0.2, -0.15) is 0 Å². The maximum atomic E-state index is 13.5. The fraction of sp³-hybridized carbons (Fsp3) is 0.233. The third-order valence-electron chi connectivity index (χ3n) is 6.51. The molecule has 0 aliphatic heterocycles. The van der Waals surface area contributed by atoms with E-state index in [1.807, 2.05) is 0 Å². The maximum Gasteiger partial charge on any atom is 0.335 e. The van der Waals surface area contributed by atoms with Crippen molar-refractivity contribution in [1.29, 1.82) is 0 Å². The Morgan fingerprint density at radius 3 is 2.49 bits per heavy atom. The fourth-order valence-electron chi connectivity index (χ4n) is 4.21. The van der Waals surface area contributed by atoms with E-state index < -0.39 is 23.5 Å². The molecule has 4 N–H and O–H groups in total. The summed E-state index contributed by atoms with van der Waals surface area (Å²) in [5.41, 5.74) is 7.52. The van der Waals surface area contributed by atoms with Gasteiger partial charge in [-0.3, -0.25) is 23.9 Å². The molecule has 1 atom stereocenters. The second-order valence-electron chi connectivity index (χ2n) is 9.61. The molecule has 3 aromatic rings. The maximum absolute atomic E-state index is 13.5. The van der Waals surface area contributed by atoms with Crippen molar-refractivity contribution in [2.45, 2.75) is 38.3 Å². The molecule has 1 fully saturated rings. The van der Waals surface area contributed by atoms with Gasteiger partial charge in [-0.1, -0.05) is 11.6 Å². The summed E-state index contributed by atoms with van der Waals surface area (Å²) in [5.74, 6) is -1.65. The Kier molecular flexibility index (Phi) is 9.04. The van der Waals surface area contributed by atoms with Crippen LogP contribution in [0.5, 0.6) is 5.75 Å². The average molecular weight is 577 g/mol. The van der Waals surface area contributed by atoms with Gasteiger partial charge >= 0.3 is 5.97 Å². The van der Waals surface area contributed by atoms with Crippen LogP contribution >= 0.6 is 11.6 Å². The molecule has 41 heavy (non-hydrogen) atoms. The number of aromatic carboxylic acids is 1. The summed E-state index contributed by atoms with van der Waals surface area (Å²) < 4.78 is 6.80. The highest BCUT2D eigenvalue weighted by Crippen LogP contribution is 2.34. The molecule has 4 rings (SSSR count). The number of amides is 1. The molecule has 1 aliphatic carbocycles. The Balaban J connectivity index is 1.75. The number of nitrogens with zero attached hydrogens (tertiary/aromatic N) is 2. The number of carboxylic acids is 1. The summed E-state index contributed by atoms with van der Waals surface area (Å²) in [5, 5.41) is 12.3. The number of aliphatic imine (C=N–C) groups is 1. The van der Waals surface area contributed by atoms with E-state index in [-0.39, 0.29) is 29.6 Å². The molecule has 0 radical (unpaired) electrons. The first-order valence-corrected chi connectivity index (χ1v) is 13.2. The summed E-state index contributed by atoms with van der Waals surface area (Å²) in [6.07, 6.45) is 6.61. The molecular weight excluding hydrogens is 548 g/mol. The number of carboxylic acid groups (broad SMARTS) is 1. The topological polar surface area (TPSA) is 153 Å². The molecule has 1 saturated carbocycles. The van der Waals surface area contributed by atoms with Gasteiger partial charge in [0.15, 0.2) is 5.78 Å². The number of halogens is 1. The number of nitrogens with one attached hydrogen (secondary N) is 1. The summed E-state index contributed by atoms with van der Waals surface area (Å²) in [7, 11) is 1.41. The van der Waals surface area contributed by atoms with E-state index in [0.717, 1.165) is 12.8 Å². The number of allylic oxidation sites excluding steroid dienone is 2. The number of ether oxygens (including phenoxy) is 1. The fourth-order valence-corrected chi connectivity index (χ4v) is 4.38. The molecule has 1 amide bonds. The predicted octanol–water partition coefficient (Wildman–Crippen LogP) is 4.72. The number of pyridine rings is 1. The largest absolute Gasteiger partial charge is 0.495 e. The quantitative estimate of drug-likeness (QED) is 0.220. The number of ketones is 1. The molecule has 1 aromatic heterocycles. The van der Waals surface area contributed by atoms with E-state index in [2.05, 4.69) is 10.3 Å². The smallest absolute Gasteiger partial charge is 0.335 e. The summed E-state index contributed by atoms with van der Waals surface area (Å²) >= 11 is 6.20. The van der Waals surface area contributed by atoms with Gasteiger partial charge in [0.2, 0.25) is 5.91 Å². The Bertz CT molecular complexity index is 1610. The van der Waals surface area contributed by atoms with E-state index in [1.165, 1.54) is 55.1 Å². The molecule has 0 spiro atoms. The van der Waals surface area contributed by atoms with Crippen LogP contribution in [0.3, 0.4) is 0 Å². The Labute approximate surface area is 241 Å². The number of hydrogen-bond donors (Lipinski definition) is 3. The van der Waals surface area contributed by atoms with Gasteiger partial charge in [-0.25, -0.2) is 4.79 Å². The van der Waals surface area contributed by atoms with Crippen LogP contribution in [-0.4, -0.2) is 46.7 Å². The predicted molar refractivity (Wildman–Crippen MR) is 157 cm³/mol. The SMILES string of the molecule is COc1cn(C(CC(N)=CC=NC2CC2)C(=O)Nc2ccc(C(=O)O)cc2)c(=O)cc1-c1cc(Cl)ccc1C(C)=O.